The third-order valence-corrected chi connectivity index (χ3v) is 4.10. The van der Waals surface area contributed by atoms with E-state index < -0.39 is 0 Å². The first kappa shape index (κ1) is 13.0. The molecule has 0 atom stereocenters. The Hall–Kier alpha value is -2.04. The molecule has 1 saturated carbocycles. The van der Waals surface area contributed by atoms with Crippen LogP contribution in [-0.2, 0) is 0 Å². The minimum absolute atomic E-state index is 0.148. The van der Waals surface area contributed by atoms with Crippen LogP contribution >= 0.6 is 0 Å². The first-order chi connectivity index (χ1) is 9.62. The number of hydrogen-bond donors (Lipinski definition) is 3. The molecule has 0 saturated heterocycles. The molecule has 3 rings (SSSR count). The largest absolute Gasteiger partial charge is 0.399 e. The summed E-state index contributed by atoms with van der Waals surface area (Å²) < 4.78 is 0. The average molecular weight is 272 g/mol. The Morgan fingerprint density at radius 3 is 2.95 bits per heavy atom. The van der Waals surface area contributed by atoms with Gasteiger partial charge in [-0.05, 0) is 42.9 Å². The summed E-state index contributed by atoms with van der Waals surface area (Å²) in [6.07, 6.45) is 4.96. The van der Waals surface area contributed by atoms with Crippen molar-refractivity contribution >= 4 is 22.5 Å². The van der Waals surface area contributed by atoms with E-state index in [4.69, 9.17) is 5.73 Å². The Morgan fingerprint density at radius 1 is 1.45 bits per heavy atom. The van der Waals surface area contributed by atoms with Crippen molar-refractivity contribution in [3.05, 3.63) is 28.6 Å². The van der Waals surface area contributed by atoms with Gasteiger partial charge < -0.3 is 11.1 Å². The number of aromatic nitrogens is 2. The summed E-state index contributed by atoms with van der Waals surface area (Å²) in [5, 5.41) is 3.81. The van der Waals surface area contributed by atoms with Gasteiger partial charge >= 0.3 is 0 Å². The predicted octanol–water partition coefficient (Wildman–Crippen LogP) is 2.50. The van der Waals surface area contributed by atoms with Gasteiger partial charge in [0.15, 0.2) is 0 Å². The second-order valence-corrected chi connectivity index (χ2v) is 5.79. The standard InChI is InChI=1S/C15H20N4O/c1-2-5-15(6-7-15)9-17-14-18-12-4-3-10(16)8-11(12)13(20)19-14/h3-4,8H,2,5-7,9,16H2,1H3,(H2,17,18,19,20). The molecule has 0 aliphatic heterocycles. The van der Waals surface area contributed by atoms with Crippen LogP contribution in [0, 0.1) is 5.41 Å². The van der Waals surface area contributed by atoms with Crippen LogP contribution in [0.1, 0.15) is 32.6 Å². The number of anilines is 2. The van der Waals surface area contributed by atoms with Crippen LogP contribution in [0.3, 0.4) is 0 Å². The first-order valence-corrected chi connectivity index (χ1v) is 7.15. The van der Waals surface area contributed by atoms with E-state index in [0.29, 0.717) is 28.0 Å². The number of H-pyrrole nitrogens is 1. The van der Waals surface area contributed by atoms with Crippen LogP contribution in [0.2, 0.25) is 0 Å². The fourth-order valence-electron chi connectivity index (χ4n) is 2.73. The molecule has 1 aliphatic carbocycles. The molecule has 20 heavy (non-hydrogen) atoms. The van der Waals surface area contributed by atoms with Gasteiger partial charge in [0.1, 0.15) is 0 Å². The Morgan fingerprint density at radius 2 is 2.25 bits per heavy atom. The summed E-state index contributed by atoms with van der Waals surface area (Å²) in [6.45, 7) is 3.09. The Labute approximate surface area is 117 Å². The lowest BCUT2D eigenvalue weighted by Gasteiger charge is -2.15. The van der Waals surface area contributed by atoms with Gasteiger partial charge in [-0.15, -0.1) is 0 Å². The van der Waals surface area contributed by atoms with E-state index in [-0.39, 0.29) is 5.56 Å². The lowest BCUT2D eigenvalue weighted by molar-refractivity contribution is 0.484. The van der Waals surface area contributed by atoms with Crippen LogP contribution in [-0.4, -0.2) is 16.5 Å². The summed E-state index contributed by atoms with van der Waals surface area (Å²) >= 11 is 0. The molecule has 1 fully saturated rings. The maximum Gasteiger partial charge on any atom is 0.260 e. The summed E-state index contributed by atoms with van der Waals surface area (Å²) in [5.74, 6) is 0.551. The number of nitrogens with zero attached hydrogens (tertiary/aromatic N) is 1. The van der Waals surface area contributed by atoms with Gasteiger partial charge in [0.25, 0.3) is 5.56 Å². The van der Waals surface area contributed by atoms with Crippen molar-refractivity contribution in [2.75, 3.05) is 17.6 Å². The zero-order valence-corrected chi connectivity index (χ0v) is 11.7. The number of fused-ring (bicyclic) bond motifs is 1. The second-order valence-electron chi connectivity index (χ2n) is 5.79. The first-order valence-electron chi connectivity index (χ1n) is 7.15. The summed E-state index contributed by atoms with van der Waals surface area (Å²) in [5.41, 5.74) is 7.21. The summed E-state index contributed by atoms with van der Waals surface area (Å²) in [4.78, 5) is 19.3. The van der Waals surface area contributed by atoms with Gasteiger partial charge in [-0.1, -0.05) is 13.3 Å². The number of aromatic amines is 1. The molecule has 5 heteroatoms. The average Bonchev–Trinajstić information content (AvgIpc) is 3.18. The molecule has 0 unspecified atom stereocenters. The van der Waals surface area contributed by atoms with Gasteiger partial charge in [-0.2, -0.15) is 0 Å². The SMILES string of the molecule is CCCC1(CNc2nc3ccc(N)cc3c(=O)[nH]2)CC1. The van der Waals surface area contributed by atoms with Crippen LogP contribution in [0.5, 0.6) is 0 Å². The number of nitrogens with two attached hydrogens (primary N) is 1. The fourth-order valence-corrected chi connectivity index (χ4v) is 2.73. The highest BCUT2D eigenvalue weighted by Crippen LogP contribution is 2.49. The number of hydrogen-bond acceptors (Lipinski definition) is 4. The van der Waals surface area contributed by atoms with E-state index >= 15 is 0 Å². The van der Waals surface area contributed by atoms with Crippen molar-refractivity contribution in [2.24, 2.45) is 5.41 Å². The maximum absolute atomic E-state index is 12.0. The molecule has 1 aromatic carbocycles. The van der Waals surface area contributed by atoms with Crippen molar-refractivity contribution in [3.63, 3.8) is 0 Å². The van der Waals surface area contributed by atoms with Gasteiger partial charge in [0.2, 0.25) is 5.95 Å². The molecular weight excluding hydrogens is 252 g/mol. The molecule has 4 N–H and O–H groups in total. The fraction of sp³-hybridized carbons (Fsp3) is 0.467. The number of nitrogens with one attached hydrogen (secondary N) is 2. The Balaban J connectivity index is 1.82. The quantitative estimate of drug-likeness (QED) is 0.730. The van der Waals surface area contributed by atoms with E-state index in [1.165, 1.54) is 25.7 Å². The number of benzene rings is 1. The third-order valence-electron chi connectivity index (χ3n) is 4.10. The normalized spacial score (nSPS) is 16.2. The van der Waals surface area contributed by atoms with Gasteiger partial charge in [0.05, 0.1) is 10.9 Å². The highest BCUT2D eigenvalue weighted by molar-refractivity contribution is 5.81. The van der Waals surface area contributed by atoms with Crippen molar-refractivity contribution in [1.29, 1.82) is 0 Å². The number of nitrogen functional groups attached to an aromatic ring is 1. The van der Waals surface area contributed by atoms with Crippen LogP contribution < -0.4 is 16.6 Å². The minimum atomic E-state index is -0.148. The van der Waals surface area contributed by atoms with E-state index in [1.807, 2.05) is 0 Å². The van der Waals surface area contributed by atoms with Gasteiger partial charge in [-0.25, -0.2) is 4.98 Å². The minimum Gasteiger partial charge on any atom is -0.399 e. The number of rotatable bonds is 5. The molecule has 1 aromatic heterocycles. The molecular formula is C15H20N4O. The Bertz CT molecular complexity index is 688. The van der Waals surface area contributed by atoms with E-state index in [9.17, 15) is 4.79 Å². The molecule has 2 aromatic rings. The van der Waals surface area contributed by atoms with Crippen molar-refractivity contribution < 1.29 is 0 Å². The smallest absolute Gasteiger partial charge is 0.260 e. The zero-order chi connectivity index (χ0) is 14.2. The van der Waals surface area contributed by atoms with Crippen molar-refractivity contribution in [2.45, 2.75) is 32.6 Å². The van der Waals surface area contributed by atoms with Crippen LogP contribution in [0.25, 0.3) is 10.9 Å². The maximum atomic E-state index is 12.0. The van der Waals surface area contributed by atoms with Gasteiger partial charge in [-0.3, -0.25) is 9.78 Å². The molecule has 0 spiro atoms. The lowest BCUT2D eigenvalue weighted by Crippen LogP contribution is -2.19. The zero-order valence-electron chi connectivity index (χ0n) is 11.7. The van der Waals surface area contributed by atoms with Crippen molar-refractivity contribution in [1.82, 2.24) is 9.97 Å². The van der Waals surface area contributed by atoms with Crippen LogP contribution in [0.4, 0.5) is 11.6 Å². The summed E-state index contributed by atoms with van der Waals surface area (Å²) in [7, 11) is 0. The van der Waals surface area contributed by atoms with Crippen LogP contribution in [0.15, 0.2) is 23.0 Å². The monoisotopic (exact) mass is 272 g/mol. The molecule has 1 aliphatic rings. The topological polar surface area (TPSA) is 83.8 Å². The molecule has 106 valence electrons. The lowest BCUT2D eigenvalue weighted by atomic mass is 10.0. The third kappa shape index (κ3) is 2.48. The van der Waals surface area contributed by atoms with E-state index in [2.05, 4.69) is 22.2 Å². The van der Waals surface area contributed by atoms with E-state index in [0.717, 1.165) is 6.54 Å². The second kappa shape index (κ2) is 4.81. The molecule has 0 amide bonds. The molecule has 0 bridgehead atoms. The predicted molar refractivity (Wildman–Crippen MR) is 81.8 cm³/mol. The summed E-state index contributed by atoms with van der Waals surface area (Å²) in [6, 6.07) is 5.20. The molecule has 5 nitrogen and oxygen atoms in total. The Kier molecular flexibility index (Phi) is 3.12. The van der Waals surface area contributed by atoms with E-state index in [1.54, 1.807) is 18.2 Å². The van der Waals surface area contributed by atoms with Gasteiger partial charge in [0, 0.05) is 12.2 Å². The molecule has 0 radical (unpaired) electrons. The molecule has 1 heterocycles. The van der Waals surface area contributed by atoms with Crippen molar-refractivity contribution in [3.8, 4) is 0 Å². The highest BCUT2D eigenvalue weighted by Gasteiger charge is 2.41. The highest BCUT2D eigenvalue weighted by atomic mass is 16.1.